The van der Waals surface area contributed by atoms with Crippen molar-refractivity contribution in [1.82, 2.24) is 5.32 Å². The molecule has 1 fully saturated rings. The maximum atomic E-state index is 5.56. The van der Waals surface area contributed by atoms with E-state index in [-0.39, 0.29) is 0 Å². The molecule has 0 unspecified atom stereocenters. The molecule has 2 aromatic rings. The molecule has 2 atom stereocenters. The van der Waals surface area contributed by atoms with E-state index in [1.807, 2.05) is 6.07 Å². The molecule has 2 aromatic carbocycles. The van der Waals surface area contributed by atoms with Crippen LogP contribution in [0.25, 0.3) is 0 Å². The van der Waals surface area contributed by atoms with Crippen molar-refractivity contribution in [3.05, 3.63) is 47.0 Å². The van der Waals surface area contributed by atoms with E-state index < -0.39 is 0 Å². The Kier molecular flexibility index (Phi) is 3.82. The van der Waals surface area contributed by atoms with Gasteiger partial charge in [-0.3, -0.25) is 0 Å². The highest BCUT2D eigenvalue weighted by Gasteiger charge is 2.38. The smallest absolute Gasteiger partial charge is 0.142 e. The van der Waals surface area contributed by atoms with E-state index in [4.69, 9.17) is 4.74 Å². The monoisotopic (exact) mass is 349 g/mol. The topological polar surface area (TPSA) is 36.5 Å². The van der Waals surface area contributed by atoms with E-state index in [9.17, 15) is 0 Å². The Balaban J connectivity index is 1.58. The van der Waals surface area contributed by atoms with Gasteiger partial charge in [-0.25, -0.2) is 0 Å². The quantitative estimate of drug-likeness (QED) is 0.883. The maximum absolute atomic E-state index is 5.56. The molecule has 2 N–H and O–H groups in total. The van der Waals surface area contributed by atoms with Crippen molar-refractivity contribution in [3.63, 3.8) is 0 Å². The fourth-order valence-electron chi connectivity index (χ4n) is 5.05. The van der Waals surface area contributed by atoms with Gasteiger partial charge in [0.1, 0.15) is 5.75 Å². The van der Waals surface area contributed by atoms with Gasteiger partial charge in [0.25, 0.3) is 0 Å². The van der Waals surface area contributed by atoms with E-state index in [0.717, 1.165) is 30.4 Å². The van der Waals surface area contributed by atoms with Crippen LogP contribution in [0.4, 0.5) is 17.1 Å². The molecule has 3 aliphatic heterocycles. The lowest BCUT2D eigenvalue weighted by atomic mass is 9.80. The molecule has 0 radical (unpaired) electrons. The molecule has 0 aromatic heterocycles. The summed E-state index contributed by atoms with van der Waals surface area (Å²) in [6.07, 6.45) is 2.44. The molecule has 0 saturated carbocycles. The van der Waals surface area contributed by atoms with Crippen LogP contribution in [0.2, 0.25) is 0 Å². The fourth-order valence-corrected chi connectivity index (χ4v) is 5.05. The van der Waals surface area contributed by atoms with Crippen molar-refractivity contribution in [2.45, 2.75) is 25.7 Å². The van der Waals surface area contributed by atoms with Gasteiger partial charge in [0.2, 0.25) is 0 Å². The van der Waals surface area contributed by atoms with Crippen molar-refractivity contribution < 1.29 is 4.74 Å². The van der Waals surface area contributed by atoms with Crippen molar-refractivity contribution in [1.29, 1.82) is 0 Å². The standard InChI is InChI=1S/C22H27N3O/c1-14-5-6-21(26-2)20(8-14)24-17-9-15-4-3-7-25-13-16-11-23-12-19(16)18(10-17)22(15)25/h5-6,8-10,16,19,23-24H,3-4,7,11-13H2,1-2H3/t16-,19-/m1/s1. The minimum absolute atomic E-state index is 0.652. The summed E-state index contributed by atoms with van der Waals surface area (Å²) < 4.78 is 5.56. The summed E-state index contributed by atoms with van der Waals surface area (Å²) in [5.74, 6) is 2.29. The lowest BCUT2D eigenvalue weighted by Crippen LogP contribution is -2.41. The number of benzene rings is 2. The van der Waals surface area contributed by atoms with Gasteiger partial charge in [0.05, 0.1) is 12.8 Å². The molecule has 1 saturated heterocycles. The van der Waals surface area contributed by atoms with Crippen LogP contribution < -0.4 is 20.3 Å². The Labute approximate surface area is 155 Å². The SMILES string of the molecule is COc1ccc(C)cc1Nc1cc2c3c(c1)[C@@H]1CNC[C@@H]1CN3CCC2. The summed E-state index contributed by atoms with van der Waals surface area (Å²) in [5.41, 5.74) is 8.05. The second kappa shape index (κ2) is 6.20. The molecule has 0 amide bonds. The summed E-state index contributed by atoms with van der Waals surface area (Å²) in [5, 5.41) is 7.26. The third-order valence-electron chi connectivity index (χ3n) is 6.24. The van der Waals surface area contributed by atoms with Gasteiger partial charge in [0, 0.05) is 43.5 Å². The molecule has 3 aliphatic rings. The minimum atomic E-state index is 0.652. The average molecular weight is 349 g/mol. The van der Waals surface area contributed by atoms with Gasteiger partial charge >= 0.3 is 0 Å². The number of methoxy groups -OCH3 is 1. The highest BCUT2D eigenvalue weighted by molar-refractivity contribution is 5.74. The highest BCUT2D eigenvalue weighted by atomic mass is 16.5. The van der Waals surface area contributed by atoms with E-state index in [1.54, 1.807) is 7.11 Å². The molecule has 0 bridgehead atoms. The number of aryl methyl sites for hydroxylation is 2. The highest BCUT2D eigenvalue weighted by Crippen LogP contribution is 2.46. The second-order valence-corrected chi connectivity index (χ2v) is 7.98. The molecule has 136 valence electrons. The van der Waals surface area contributed by atoms with Gasteiger partial charge in [0.15, 0.2) is 0 Å². The zero-order chi connectivity index (χ0) is 17.7. The van der Waals surface area contributed by atoms with Gasteiger partial charge < -0.3 is 20.3 Å². The van der Waals surface area contributed by atoms with Crippen LogP contribution in [0.15, 0.2) is 30.3 Å². The van der Waals surface area contributed by atoms with Crippen molar-refractivity contribution >= 4 is 17.1 Å². The Hall–Kier alpha value is -2.20. The zero-order valence-corrected chi connectivity index (χ0v) is 15.6. The Morgan fingerprint density at radius 3 is 3.00 bits per heavy atom. The summed E-state index contributed by atoms with van der Waals surface area (Å²) in [7, 11) is 1.74. The van der Waals surface area contributed by atoms with Crippen LogP contribution in [-0.4, -0.2) is 33.3 Å². The van der Waals surface area contributed by atoms with Gasteiger partial charge in [-0.2, -0.15) is 0 Å². The van der Waals surface area contributed by atoms with Crippen LogP contribution in [0.3, 0.4) is 0 Å². The van der Waals surface area contributed by atoms with Crippen LogP contribution in [0.1, 0.15) is 29.0 Å². The van der Waals surface area contributed by atoms with Crippen LogP contribution in [0.5, 0.6) is 5.75 Å². The third kappa shape index (κ3) is 2.55. The first-order valence-electron chi connectivity index (χ1n) is 9.77. The summed E-state index contributed by atoms with van der Waals surface area (Å²) in [4.78, 5) is 2.64. The number of fused-ring (bicyclic) bond motifs is 2. The molecule has 0 spiro atoms. The molecule has 0 aliphatic carbocycles. The summed E-state index contributed by atoms with van der Waals surface area (Å²) in [6.45, 7) is 6.81. The van der Waals surface area contributed by atoms with Gasteiger partial charge in [-0.15, -0.1) is 0 Å². The number of nitrogens with one attached hydrogen (secondary N) is 2. The molecule has 4 nitrogen and oxygen atoms in total. The predicted octanol–water partition coefficient (Wildman–Crippen LogP) is 3.82. The van der Waals surface area contributed by atoms with Crippen molar-refractivity contribution in [2.75, 3.05) is 43.5 Å². The second-order valence-electron chi connectivity index (χ2n) is 7.98. The fraction of sp³-hybridized carbons (Fsp3) is 0.455. The number of anilines is 3. The summed E-state index contributed by atoms with van der Waals surface area (Å²) >= 11 is 0. The Bertz CT molecular complexity index is 848. The molecular formula is C22H27N3O. The molecule has 4 heteroatoms. The minimum Gasteiger partial charge on any atom is -0.495 e. The van der Waals surface area contributed by atoms with Crippen molar-refractivity contribution in [2.24, 2.45) is 5.92 Å². The first-order valence-corrected chi connectivity index (χ1v) is 9.77. The number of ether oxygens (including phenoxy) is 1. The zero-order valence-electron chi connectivity index (χ0n) is 15.6. The number of hydrogen-bond acceptors (Lipinski definition) is 4. The van der Waals surface area contributed by atoms with Crippen LogP contribution >= 0.6 is 0 Å². The molecule has 5 rings (SSSR count). The first kappa shape index (κ1) is 16.0. The molecule has 26 heavy (non-hydrogen) atoms. The van der Waals surface area contributed by atoms with Gasteiger partial charge in [-0.1, -0.05) is 6.07 Å². The normalized spacial score (nSPS) is 23.4. The lowest BCUT2D eigenvalue weighted by molar-refractivity contribution is 0.416. The van der Waals surface area contributed by atoms with Crippen LogP contribution in [-0.2, 0) is 6.42 Å². The van der Waals surface area contributed by atoms with E-state index in [0.29, 0.717) is 5.92 Å². The summed E-state index contributed by atoms with van der Waals surface area (Å²) in [6, 6.07) is 11.0. The first-order chi connectivity index (χ1) is 12.7. The van der Waals surface area contributed by atoms with E-state index >= 15 is 0 Å². The Morgan fingerprint density at radius 2 is 2.12 bits per heavy atom. The largest absolute Gasteiger partial charge is 0.495 e. The van der Waals surface area contributed by atoms with Crippen molar-refractivity contribution in [3.8, 4) is 5.75 Å². The number of rotatable bonds is 3. The maximum Gasteiger partial charge on any atom is 0.142 e. The van der Waals surface area contributed by atoms with Crippen LogP contribution in [0, 0.1) is 12.8 Å². The van der Waals surface area contributed by atoms with E-state index in [1.165, 1.54) is 54.0 Å². The average Bonchev–Trinajstić information content (AvgIpc) is 3.11. The van der Waals surface area contributed by atoms with Gasteiger partial charge in [-0.05, 0) is 66.6 Å². The van der Waals surface area contributed by atoms with E-state index in [2.05, 4.69) is 46.7 Å². The predicted molar refractivity (Wildman–Crippen MR) is 107 cm³/mol. The number of hydrogen-bond donors (Lipinski definition) is 2. The molecule has 3 heterocycles. The Morgan fingerprint density at radius 1 is 1.19 bits per heavy atom. The number of nitrogens with zero attached hydrogens (tertiary/aromatic N) is 1. The molecular weight excluding hydrogens is 322 g/mol. The third-order valence-corrected chi connectivity index (χ3v) is 6.24. The lowest BCUT2D eigenvalue weighted by Gasteiger charge is -2.42.